The van der Waals surface area contributed by atoms with Crippen molar-refractivity contribution in [1.82, 2.24) is 0 Å². The molecule has 2 rings (SSSR count). The maximum absolute atomic E-state index is 6.35. The second kappa shape index (κ2) is 7.20. The first-order valence-electron chi connectivity index (χ1n) is 7.29. The Labute approximate surface area is 121 Å². The Morgan fingerprint density at radius 2 is 1.89 bits per heavy atom. The quantitative estimate of drug-likeness (QED) is 0.849. The summed E-state index contributed by atoms with van der Waals surface area (Å²) in [5.41, 5.74) is 7.69. The van der Waals surface area contributed by atoms with Crippen LogP contribution in [0.3, 0.4) is 0 Å². The van der Waals surface area contributed by atoms with Gasteiger partial charge in [-0.1, -0.05) is 31.9 Å². The Hall–Kier alpha value is -0.670. The second-order valence-corrected chi connectivity index (χ2v) is 6.76. The summed E-state index contributed by atoms with van der Waals surface area (Å²) >= 11 is 2.09. The van der Waals surface area contributed by atoms with E-state index in [0.717, 1.165) is 17.4 Å². The summed E-state index contributed by atoms with van der Waals surface area (Å²) in [7, 11) is 1.71. The van der Waals surface area contributed by atoms with Crippen LogP contribution in [0, 0.1) is 0 Å². The third-order valence-corrected chi connectivity index (χ3v) is 5.72. The highest BCUT2D eigenvalue weighted by atomic mass is 32.2. The van der Waals surface area contributed by atoms with Crippen molar-refractivity contribution in [2.24, 2.45) is 5.73 Å². The first-order chi connectivity index (χ1) is 9.24. The van der Waals surface area contributed by atoms with Gasteiger partial charge in [-0.2, -0.15) is 0 Å². The van der Waals surface area contributed by atoms with Crippen LogP contribution in [0.4, 0.5) is 0 Å². The zero-order valence-electron chi connectivity index (χ0n) is 12.0. The molecule has 2 N–H and O–H groups in total. The van der Waals surface area contributed by atoms with Crippen LogP contribution in [-0.2, 0) is 0 Å². The molecule has 0 heterocycles. The molecule has 1 fully saturated rings. The molecule has 0 aliphatic heterocycles. The summed E-state index contributed by atoms with van der Waals surface area (Å²) < 4.78 is 5.23. The molecule has 0 saturated heterocycles. The first-order valence-corrected chi connectivity index (χ1v) is 8.24. The van der Waals surface area contributed by atoms with Crippen molar-refractivity contribution in [3.8, 4) is 5.75 Å². The number of rotatable bonds is 6. The lowest BCUT2D eigenvalue weighted by molar-refractivity contribution is 0.414. The van der Waals surface area contributed by atoms with Gasteiger partial charge in [0.1, 0.15) is 5.75 Å². The zero-order valence-corrected chi connectivity index (χ0v) is 12.8. The molecule has 1 aliphatic carbocycles. The van der Waals surface area contributed by atoms with Crippen LogP contribution in [0.15, 0.2) is 24.3 Å². The second-order valence-electron chi connectivity index (χ2n) is 5.31. The highest BCUT2D eigenvalue weighted by molar-refractivity contribution is 8.00. The summed E-state index contributed by atoms with van der Waals surface area (Å²) in [5, 5.41) is 1.21. The average molecular weight is 279 g/mol. The average Bonchev–Trinajstić information content (AvgIpc) is 2.97. The van der Waals surface area contributed by atoms with Gasteiger partial charge >= 0.3 is 0 Å². The summed E-state index contributed by atoms with van der Waals surface area (Å²) in [6.45, 7) is 2.18. The van der Waals surface area contributed by atoms with E-state index < -0.39 is 0 Å². The van der Waals surface area contributed by atoms with E-state index in [2.05, 4.69) is 30.8 Å². The number of hydrogen-bond donors (Lipinski definition) is 1. The van der Waals surface area contributed by atoms with Crippen LogP contribution >= 0.6 is 11.8 Å². The molecular formula is C16H25NOS. The molecule has 3 heteroatoms. The molecule has 106 valence electrons. The van der Waals surface area contributed by atoms with Crippen molar-refractivity contribution in [1.29, 1.82) is 0 Å². The minimum absolute atomic E-state index is 0.235. The van der Waals surface area contributed by atoms with E-state index in [4.69, 9.17) is 10.5 Å². The summed E-state index contributed by atoms with van der Waals surface area (Å²) in [5.74, 6) is 0.915. The van der Waals surface area contributed by atoms with Gasteiger partial charge in [-0.3, -0.25) is 0 Å². The van der Waals surface area contributed by atoms with E-state index in [0.29, 0.717) is 5.25 Å². The molecule has 0 aromatic heterocycles. The molecule has 1 aliphatic rings. The SMILES string of the molecule is CCC(N)C(SC1CCCC1)c1ccc(OC)cc1. The molecule has 2 nitrogen and oxygen atoms in total. The van der Waals surface area contributed by atoms with E-state index in [1.807, 2.05) is 12.1 Å². The molecule has 2 unspecified atom stereocenters. The van der Waals surface area contributed by atoms with E-state index in [1.54, 1.807) is 7.11 Å². The molecule has 1 saturated carbocycles. The number of methoxy groups -OCH3 is 1. The largest absolute Gasteiger partial charge is 0.497 e. The van der Waals surface area contributed by atoms with E-state index in [1.165, 1.54) is 31.2 Å². The first kappa shape index (κ1) is 14.7. The smallest absolute Gasteiger partial charge is 0.118 e. The topological polar surface area (TPSA) is 35.2 Å². The monoisotopic (exact) mass is 279 g/mol. The number of benzene rings is 1. The predicted molar refractivity (Wildman–Crippen MR) is 83.8 cm³/mol. The highest BCUT2D eigenvalue weighted by Crippen LogP contribution is 2.41. The fraction of sp³-hybridized carbons (Fsp3) is 0.625. The molecule has 1 aromatic carbocycles. The van der Waals surface area contributed by atoms with Crippen LogP contribution in [0.25, 0.3) is 0 Å². The van der Waals surface area contributed by atoms with Gasteiger partial charge in [0.15, 0.2) is 0 Å². The van der Waals surface area contributed by atoms with Gasteiger partial charge in [-0.05, 0) is 37.0 Å². The van der Waals surface area contributed by atoms with Gasteiger partial charge in [0.2, 0.25) is 0 Å². The lowest BCUT2D eigenvalue weighted by Crippen LogP contribution is -2.27. The Morgan fingerprint density at radius 3 is 2.42 bits per heavy atom. The summed E-state index contributed by atoms with van der Waals surface area (Å²) in [4.78, 5) is 0. The minimum Gasteiger partial charge on any atom is -0.497 e. The van der Waals surface area contributed by atoms with Crippen LogP contribution in [-0.4, -0.2) is 18.4 Å². The van der Waals surface area contributed by atoms with Crippen LogP contribution in [0.2, 0.25) is 0 Å². The maximum Gasteiger partial charge on any atom is 0.118 e. The van der Waals surface area contributed by atoms with Crippen LogP contribution < -0.4 is 10.5 Å². The molecule has 1 aromatic rings. The number of ether oxygens (including phenoxy) is 1. The maximum atomic E-state index is 6.35. The van der Waals surface area contributed by atoms with Crippen molar-refractivity contribution in [3.05, 3.63) is 29.8 Å². The fourth-order valence-corrected chi connectivity index (χ4v) is 4.39. The number of thioether (sulfide) groups is 1. The van der Waals surface area contributed by atoms with Gasteiger partial charge in [-0.15, -0.1) is 11.8 Å². The predicted octanol–water partition coefficient (Wildman–Crippen LogP) is 4.15. The number of hydrogen-bond acceptors (Lipinski definition) is 3. The van der Waals surface area contributed by atoms with Gasteiger partial charge in [-0.25, -0.2) is 0 Å². The van der Waals surface area contributed by atoms with Crippen molar-refractivity contribution < 1.29 is 4.74 Å². The van der Waals surface area contributed by atoms with E-state index >= 15 is 0 Å². The molecule has 0 amide bonds. The van der Waals surface area contributed by atoms with Gasteiger partial charge in [0.25, 0.3) is 0 Å². The Balaban J connectivity index is 2.10. The molecule has 0 radical (unpaired) electrons. The normalized spacial score (nSPS) is 19.3. The molecule has 2 atom stereocenters. The fourth-order valence-electron chi connectivity index (χ4n) is 2.67. The van der Waals surface area contributed by atoms with Gasteiger partial charge in [0, 0.05) is 16.5 Å². The minimum atomic E-state index is 0.235. The molecule has 19 heavy (non-hydrogen) atoms. The zero-order chi connectivity index (χ0) is 13.7. The summed E-state index contributed by atoms with van der Waals surface area (Å²) in [6.07, 6.45) is 6.50. The van der Waals surface area contributed by atoms with Gasteiger partial charge in [0.05, 0.1) is 7.11 Å². The van der Waals surface area contributed by atoms with Crippen molar-refractivity contribution >= 4 is 11.8 Å². The standard InChI is InChI=1S/C16H25NOS/c1-3-15(17)16(19-14-6-4-5-7-14)12-8-10-13(18-2)11-9-12/h8-11,14-16H,3-7,17H2,1-2H3. The van der Waals surface area contributed by atoms with Crippen molar-refractivity contribution in [3.63, 3.8) is 0 Å². The number of nitrogens with two attached hydrogens (primary N) is 1. The van der Waals surface area contributed by atoms with Crippen LogP contribution in [0.5, 0.6) is 5.75 Å². The van der Waals surface area contributed by atoms with Crippen molar-refractivity contribution in [2.45, 2.75) is 55.6 Å². The molecular weight excluding hydrogens is 254 g/mol. The van der Waals surface area contributed by atoms with Gasteiger partial charge < -0.3 is 10.5 Å². The molecule has 0 spiro atoms. The Morgan fingerprint density at radius 1 is 1.26 bits per heavy atom. The highest BCUT2D eigenvalue weighted by Gasteiger charge is 2.25. The van der Waals surface area contributed by atoms with Crippen LogP contribution in [0.1, 0.15) is 49.8 Å². The third-order valence-electron chi connectivity index (χ3n) is 3.95. The Bertz CT molecular complexity index is 373. The Kier molecular flexibility index (Phi) is 5.59. The van der Waals surface area contributed by atoms with E-state index in [9.17, 15) is 0 Å². The molecule has 0 bridgehead atoms. The third kappa shape index (κ3) is 3.90. The lowest BCUT2D eigenvalue weighted by Gasteiger charge is -2.26. The lowest BCUT2D eigenvalue weighted by atomic mass is 10.0. The van der Waals surface area contributed by atoms with E-state index in [-0.39, 0.29) is 6.04 Å². The summed E-state index contributed by atoms with van der Waals surface area (Å²) in [6, 6.07) is 8.65. The van der Waals surface area contributed by atoms with Crippen molar-refractivity contribution in [2.75, 3.05) is 7.11 Å².